The molecule has 0 aliphatic carbocycles. The highest BCUT2D eigenvalue weighted by Gasteiger charge is 2.25. The molecule has 0 saturated carbocycles. The minimum Gasteiger partial charge on any atom is -0.444 e. The van der Waals surface area contributed by atoms with Crippen molar-refractivity contribution in [2.75, 3.05) is 6.26 Å². The molecule has 0 radical (unpaired) electrons. The molecular weight excluding hydrogens is 472 g/mol. The molecule has 0 aliphatic rings. The van der Waals surface area contributed by atoms with Gasteiger partial charge in [-0.1, -0.05) is 0 Å². The van der Waals surface area contributed by atoms with Crippen LogP contribution < -0.4 is 5.32 Å². The molecule has 7 nitrogen and oxygen atoms in total. The van der Waals surface area contributed by atoms with E-state index in [0.717, 1.165) is 24.5 Å². The van der Waals surface area contributed by atoms with Crippen molar-refractivity contribution < 1.29 is 26.7 Å². The van der Waals surface area contributed by atoms with Gasteiger partial charge in [-0.2, -0.15) is 0 Å². The van der Waals surface area contributed by atoms with Gasteiger partial charge in [-0.3, -0.25) is 0 Å². The number of rotatable bonds is 5. The van der Waals surface area contributed by atoms with Gasteiger partial charge in [-0.05, 0) is 60.8 Å². The third-order valence-electron chi connectivity index (χ3n) is 3.46. The molecule has 11 heteroatoms. The second-order valence-corrected chi connectivity index (χ2v) is 10.1. The second kappa shape index (κ2) is 8.70. The summed E-state index contributed by atoms with van der Waals surface area (Å²) in [5.74, 6) is -1.57. The van der Waals surface area contributed by atoms with Crippen LogP contribution in [-0.2, 0) is 21.0 Å². The predicted octanol–water partition coefficient (Wildman–Crippen LogP) is 3.73. The average molecular weight is 492 g/mol. The van der Waals surface area contributed by atoms with Crippen LogP contribution in [0.4, 0.5) is 13.6 Å². The fourth-order valence-corrected chi connectivity index (χ4v) is 3.39. The van der Waals surface area contributed by atoms with Crippen LogP contribution in [0.5, 0.6) is 0 Å². The summed E-state index contributed by atoms with van der Waals surface area (Å²) < 4.78 is 56.4. The van der Waals surface area contributed by atoms with Crippen molar-refractivity contribution in [2.24, 2.45) is 0 Å². The lowest BCUT2D eigenvalue weighted by Crippen LogP contribution is -2.36. The summed E-state index contributed by atoms with van der Waals surface area (Å²) in [4.78, 5) is 20.1. The summed E-state index contributed by atoms with van der Waals surface area (Å²) in [5, 5.41) is 2.13. The Bertz CT molecular complexity index is 1010. The summed E-state index contributed by atoms with van der Waals surface area (Å²) in [7, 11) is -3.73. The van der Waals surface area contributed by atoms with E-state index in [4.69, 9.17) is 4.74 Å². The van der Waals surface area contributed by atoms with Gasteiger partial charge in [0.2, 0.25) is 15.0 Å². The first-order valence-electron chi connectivity index (χ1n) is 8.41. The molecule has 2 aromatic rings. The molecule has 1 unspecified atom stereocenters. The number of benzene rings is 1. The molecule has 1 atom stereocenters. The summed E-state index contributed by atoms with van der Waals surface area (Å²) in [6.07, 6.45) is 1.30. The molecule has 0 saturated heterocycles. The number of amides is 1. The molecule has 1 amide bonds. The van der Waals surface area contributed by atoms with Crippen LogP contribution in [0.25, 0.3) is 0 Å². The molecule has 2 rings (SSSR count). The molecule has 1 heterocycles. The third kappa shape index (κ3) is 7.00. The number of ether oxygens (including phenoxy) is 1. The van der Waals surface area contributed by atoms with Gasteiger partial charge in [0.1, 0.15) is 17.2 Å². The SMILES string of the molecule is CC(C)(C)OC(=O)NC(Cc1cc(F)cc(F)c1)c1nc(S(C)(=O)=O)ncc1Br. The number of nitrogens with one attached hydrogen (secondary N) is 1. The maximum absolute atomic E-state index is 13.6. The van der Waals surface area contributed by atoms with Crippen LogP contribution in [-0.4, -0.2) is 36.3 Å². The Balaban J connectivity index is 2.47. The number of carbonyl (C=O) groups excluding carboxylic acids is 1. The van der Waals surface area contributed by atoms with E-state index in [1.807, 2.05) is 0 Å². The Morgan fingerprint density at radius 2 is 1.83 bits per heavy atom. The lowest BCUT2D eigenvalue weighted by Gasteiger charge is -2.24. The number of hydrogen-bond acceptors (Lipinski definition) is 6. The molecule has 158 valence electrons. The molecule has 29 heavy (non-hydrogen) atoms. The fourth-order valence-electron chi connectivity index (χ4n) is 2.42. The van der Waals surface area contributed by atoms with Gasteiger partial charge in [0, 0.05) is 18.5 Å². The lowest BCUT2D eigenvalue weighted by atomic mass is 10.0. The van der Waals surface area contributed by atoms with Crippen LogP contribution in [0.1, 0.15) is 38.1 Å². The van der Waals surface area contributed by atoms with Crippen molar-refractivity contribution in [3.05, 3.63) is 51.8 Å². The van der Waals surface area contributed by atoms with Crippen molar-refractivity contribution in [1.82, 2.24) is 15.3 Å². The van der Waals surface area contributed by atoms with E-state index < -0.39 is 44.4 Å². The number of alkyl carbamates (subject to hydrolysis) is 1. The maximum atomic E-state index is 13.6. The molecule has 1 aromatic carbocycles. The summed E-state index contributed by atoms with van der Waals surface area (Å²) >= 11 is 3.23. The standard InChI is InChI=1S/C18H20BrF2N3O4S/c1-18(2,3)28-17(25)23-14(7-10-5-11(20)8-12(21)6-10)15-13(19)9-22-16(24-15)29(4,26)27/h5-6,8-9,14H,7H2,1-4H3,(H,23,25). The van der Waals surface area contributed by atoms with E-state index in [1.165, 1.54) is 6.20 Å². The Kier molecular flexibility index (Phi) is 6.94. The van der Waals surface area contributed by atoms with Crippen LogP contribution in [0.3, 0.4) is 0 Å². The smallest absolute Gasteiger partial charge is 0.408 e. The molecule has 0 fully saturated rings. The Labute approximate surface area is 175 Å². The maximum Gasteiger partial charge on any atom is 0.408 e. The molecular formula is C18H20BrF2N3O4S. The van der Waals surface area contributed by atoms with Gasteiger partial charge < -0.3 is 10.1 Å². The van der Waals surface area contributed by atoms with E-state index in [-0.39, 0.29) is 17.7 Å². The fraction of sp³-hybridized carbons (Fsp3) is 0.389. The lowest BCUT2D eigenvalue weighted by molar-refractivity contribution is 0.0502. The van der Waals surface area contributed by atoms with Gasteiger partial charge in [0.05, 0.1) is 16.2 Å². The van der Waals surface area contributed by atoms with Crippen molar-refractivity contribution in [3.63, 3.8) is 0 Å². The van der Waals surface area contributed by atoms with E-state index in [2.05, 4.69) is 31.2 Å². The Morgan fingerprint density at radius 3 is 2.34 bits per heavy atom. The summed E-state index contributed by atoms with van der Waals surface area (Å²) in [6, 6.07) is 1.99. The minimum absolute atomic E-state index is 0.0766. The van der Waals surface area contributed by atoms with Gasteiger partial charge in [-0.15, -0.1) is 0 Å². The zero-order valence-electron chi connectivity index (χ0n) is 16.2. The Hall–Kier alpha value is -2.14. The average Bonchev–Trinajstić information content (AvgIpc) is 2.50. The molecule has 0 aliphatic heterocycles. The first-order valence-corrected chi connectivity index (χ1v) is 11.1. The number of aromatic nitrogens is 2. The van der Waals surface area contributed by atoms with Crippen molar-refractivity contribution >= 4 is 31.9 Å². The quantitative estimate of drug-likeness (QED) is 0.639. The van der Waals surface area contributed by atoms with E-state index in [1.54, 1.807) is 20.8 Å². The number of halogens is 3. The molecule has 1 aromatic heterocycles. The number of hydrogen-bond donors (Lipinski definition) is 1. The Morgan fingerprint density at radius 1 is 1.24 bits per heavy atom. The molecule has 0 bridgehead atoms. The molecule has 0 spiro atoms. The van der Waals surface area contributed by atoms with Crippen LogP contribution in [0.15, 0.2) is 34.0 Å². The van der Waals surface area contributed by atoms with Crippen LogP contribution in [0.2, 0.25) is 0 Å². The third-order valence-corrected chi connectivity index (χ3v) is 4.93. The number of carbonyl (C=O) groups is 1. The van der Waals surface area contributed by atoms with Crippen molar-refractivity contribution in [1.29, 1.82) is 0 Å². The van der Waals surface area contributed by atoms with Gasteiger partial charge in [0.15, 0.2) is 0 Å². The number of nitrogens with zero attached hydrogens (tertiary/aromatic N) is 2. The second-order valence-electron chi connectivity index (χ2n) is 7.34. The number of sulfone groups is 1. The van der Waals surface area contributed by atoms with Gasteiger partial charge in [0.25, 0.3) is 0 Å². The van der Waals surface area contributed by atoms with Gasteiger partial charge >= 0.3 is 6.09 Å². The summed E-state index contributed by atoms with van der Waals surface area (Å²) in [6.45, 7) is 5.02. The van der Waals surface area contributed by atoms with E-state index in [9.17, 15) is 22.0 Å². The van der Waals surface area contributed by atoms with Crippen molar-refractivity contribution in [2.45, 2.75) is 44.0 Å². The predicted molar refractivity (Wildman–Crippen MR) is 105 cm³/mol. The summed E-state index contributed by atoms with van der Waals surface area (Å²) in [5.41, 5.74) is -0.439. The first-order chi connectivity index (χ1) is 13.2. The zero-order chi connectivity index (χ0) is 22.0. The highest BCUT2D eigenvalue weighted by molar-refractivity contribution is 9.10. The largest absolute Gasteiger partial charge is 0.444 e. The monoisotopic (exact) mass is 491 g/mol. The zero-order valence-corrected chi connectivity index (χ0v) is 18.6. The van der Waals surface area contributed by atoms with Crippen molar-refractivity contribution in [3.8, 4) is 0 Å². The highest BCUT2D eigenvalue weighted by Crippen LogP contribution is 2.26. The van der Waals surface area contributed by atoms with E-state index >= 15 is 0 Å². The first kappa shape index (κ1) is 23.1. The minimum atomic E-state index is -3.73. The van der Waals surface area contributed by atoms with Gasteiger partial charge in [-0.25, -0.2) is 32.0 Å². The van der Waals surface area contributed by atoms with Crippen LogP contribution in [0, 0.1) is 11.6 Å². The van der Waals surface area contributed by atoms with Crippen LogP contribution >= 0.6 is 15.9 Å². The van der Waals surface area contributed by atoms with E-state index in [0.29, 0.717) is 4.47 Å². The molecule has 1 N–H and O–H groups in total. The highest BCUT2D eigenvalue weighted by atomic mass is 79.9. The topological polar surface area (TPSA) is 98.2 Å². The normalized spacial score (nSPS) is 13.1.